The molecule has 4 N–H and O–H groups in total. The number of hydrogen-bond donors (Lipinski definition) is 3. The Morgan fingerprint density at radius 2 is 1.88 bits per heavy atom. The summed E-state index contributed by atoms with van der Waals surface area (Å²) in [5, 5.41) is 18.3. The number of rotatable bonds is 2. The van der Waals surface area contributed by atoms with E-state index < -0.39 is 24.1 Å². The van der Waals surface area contributed by atoms with Crippen LogP contribution < -0.4 is 5.73 Å². The van der Waals surface area contributed by atoms with Crippen molar-refractivity contribution in [1.82, 2.24) is 0 Å². The SMILES string of the molecule is N[C@H](c1ccc(Br)cc1O)[C@@H](O)C(F)(F)F. The molecule has 3 nitrogen and oxygen atoms in total. The summed E-state index contributed by atoms with van der Waals surface area (Å²) in [6.45, 7) is 0. The molecule has 0 fully saturated rings. The average Bonchev–Trinajstić information content (AvgIpc) is 2.14. The molecular formula is C9H9BrF3NO2. The van der Waals surface area contributed by atoms with Gasteiger partial charge in [0.2, 0.25) is 0 Å². The summed E-state index contributed by atoms with van der Waals surface area (Å²) >= 11 is 3.04. The minimum atomic E-state index is -4.82. The lowest BCUT2D eigenvalue weighted by atomic mass is 10.0. The van der Waals surface area contributed by atoms with Crippen molar-refractivity contribution in [2.45, 2.75) is 18.3 Å². The number of phenols is 1. The van der Waals surface area contributed by atoms with Crippen LogP contribution in [0.3, 0.4) is 0 Å². The maximum absolute atomic E-state index is 12.2. The molecule has 0 saturated heterocycles. The minimum absolute atomic E-state index is 0.159. The van der Waals surface area contributed by atoms with E-state index in [2.05, 4.69) is 15.9 Å². The van der Waals surface area contributed by atoms with Gasteiger partial charge in [-0.15, -0.1) is 0 Å². The van der Waals surface area contributed by atoms with Gasteiger partial charge in [0.05, 0.1) is 6.04 Å². The van der Waals surface area contributed by atoms with Gasteiger partial charge in [-0.25, -0.2) is 0 Å². The van der Waals surface area contributed by atoms with Crippen LogP contribution in [0.1, 0.15) is 11.6 Å². The molecule has 0 aliphatic rings. The van der Waals surface area contributed by atoms with Crippen LogP contribution in [0.5, 0.6) is 5.75 Å². The van der Waals surface area contributed by atoms with E-state index in [1.165, 1.54) is 18.2 Å². The first-order valence-electron chi connectivity index (χ1n) is 4.22. The second-order valence-corrected chi connectivity index (χ2v) is 4.13. The topological polar surface area (TPSA) is 66.5 Å². The smallest absolute Gasteiger partial charge is 0.416 e. The molecule has 16 heavy (non-hydrogen) atoms. The summed E-state index contributed by atoms with van der Waals surface area (Å²) in [7, 11) is 0. The number of nitrogens with two attached hydrogens (primary N) is 1. The summed E-state index contributed by atoms with van der Waals surface area (Å²) in [6.07, 6.45) is -7.53. The van der Waals surface area contributed by atoms with E-state index in [-0.39, 0.29) is 5.56 Å². The first-order chi connectivity index (χ1) is 7.23. The number of benzene rings is 1. The van der Waals surface area contributed by atoms with Gasteiger partial charge in [0.25, 0.3) is 0 Å². The van der Waals surface area contributed by atoms with Crippen molar-refractivity contribution >= 4 is 15.9 Å². The van der Waals surface area contributed by atoms with Crippen molar-refractivity contribution in [3.05, 3.63) is 28.2 Å². The predicted octanol–water partition coefficient (Wildman–Crippen LogP) is 2.08. The quantitative estimate of drug-likeness (QED) is 0.783. The monoisotopic (exact) mass is 299 g/mol. The Kier molecular flexibility index (Phi) is 3.82. The van der Waals surface area contributed by atoms with Crippen LogP contribution in [0, 0.1) is 0 Å². The molecule has 7 heteroatoms. The number of halogens is 4. The first-order valence-corrected chi connectivity index (χ1v) is 5.01. The minimum Gasteiger partial charge on any atom is -0.508 e. The zero-order valence-corrected chi connectivity index (χ0v) is 9.46. The van der Waals surface area contributed by atoms with Crippen molar-refractivity contribution in [1.29, 1.82) is 0 Å². The molecule has 0 heterocycles. The second-order valence-electron chi connectivity index (χ2n) is 3.22. The van der Waals surface area contributed by atoms with E-state index in [4.69, 9.17) is 10.8 Å². The molecule has 0 unspecified atom stereocenters. The first kappa shape index (κ1) is 13.3. The highest BCUT2D eigenvalue weighted by molar-refractivity contribution is 9.10. The average molecular weight is 300 g/mol. The lowest BCUT2D eigenvalue weighted by molar-refractivity contribution is -0.210. The van der Waals surface area contributed by atoms with E-state index >= 15 is 0 Å². The van der Waals surface area contributed by atoms with E-state index in [1.54, 1.807) is 0 Å². The van der Waals surface area contributed by atoms with Gasteiger partial charge in [-0.05, 0) is 12.1 Å². The third-order valence-corrected chi connectivity index (χ3v) is 2.52. The fourth-order valence-corrected chi connectivity index (χ4v) is 1.52. The number of alkyl halides is 3. The molecule has 0 aliphatic carbocycles. The predicted molar refractivity (Wildman–Crippen MR) is 54.8 cm³/mol. The molecular weight excluding hydrogens is 291 g/mol. The standard InChI is InChI=1S/C9H9BrF3NO2/c10-4-1-2-5(6(15)3-4)7(14)8(16)9(11,12)13/h1-3,7-8,15-16H,14H2/t7-,8-/m1/s1. The normalized spacial score (nSPS) is 15.9. The summed E-state index contributed by atoms with van der Waals surface area (Å²) in [5.74, 6) is -0.398. The molecule has 0 bridgehead atoms. The molecule has 0 aliphatic heterocycles. The fourth-order valence-electron chi connectivity index (χ4n) is 1.17. The van der Waals surface area contributed by atoms with E-state index in [0.29, 0.717) is 4.47 Å². The van der Waals surface area contributed by atoms with E-state index in [9.17, 15) is 18.3 Å². The van der Waals surface area contributed by atoms with Crippen LogP contribution in [0.4, 0.5) is 13.2 Å². The molecule has 0 saturated carbocycles. The Balaban J connectivity index is 3.01. The van der Waals surface area contributed by atoms with Gasteiger partial charge in [-0.1, -0.05) is 22.0 Å². The lowest BCUT2D eigenvalue weighted by Gasteiger charge is -2.22. The van der Waals surface area contributed by atoms with Crippen molar-refractivity contribution in [3.8, 4) is 5.75 Å². The van der Waals surface area contributed by atoms with Crippen LogP contribution >= 0.6 is 15.9 Å². The molecule has 0 amide bonds. The van der Waals surface area contributed by atoms with E-state index in [0.717, 1.165) is 0 Å². The molecule has 0 radical (unpaired) electrons. The Bertz CT molecular complexity index is 384. The van der Waals surface area contributed by atoms with Crippen LogP contribution in [-0.4, -0.2) is 22.5 Å². The summed E-state index contributed by atoms with van der Waals surface area (Å²) < 4.78 is 37.0. The number of aliphatic hydroxyl groups is 1. The van der Waals surface area contributed by atoms with Crippen LogP contribution in [0.2, 0.25) is 0 Å². The van der Waals surface area contributed by atoms with Gasteiger partial charge < -0.3 is 15.9 Å². The van der Waals surface area contributed by atoms with Crippen LogP contribution in [0.25, 0.3) is 0 Å². The fraction of sp³-hybridized carbons (Fsp3) is 0.333. The Morgan fingerprint density at radius 1 is 1.31 bits per heavy atom. The largest absolute Gasteiger partial charge is 0.508 e. The molecule has 1 aromatic rings. The third-order valence-electron chi connectivity index (χ3n) is 2.03. The number of phenolic OH excluding ortho intramolecular Hbond substituents is 1. The Morgan fingerprint density at radius 3 is 2.31 bits per heavy atom. The maximum Gasteiger partial charge on any atom is 0.416 e. The number of hydrogen-bond acceptors (Lipinski definition) is 3. The Labute approximate surface area is 97.8 Å². The lowest BCUT2D eigenvalue weighted by Crippen LogP contribution is -2.38. The molecule has 0 spiro atoms. The summed E-state index contributed by atoms with van der Waals surface area (Å²) in [5.41, 5.74) is 5.07. The molecule has 1 aromatic carbocycles. The van der Waals surface area contributed by atoms with Crippen molar-refractivity contribution in [2.75, 3.05) is 0 Å². The number of aliphatic hydroxyl groups excluding tert-OH is 1. The van der Waals surface area contributed by atoms with Crippen molar-refractivity contribution in [3.63, 3.8) is 0 Å². The van der Waals surface area contributed by atoms with E-state index in [1.807, 2.05) is 0 Å². The zero-order valence-electron chi connectivity index (χ0n) is 7.87. The Hall–Kier alpha value is -0.790. The van der Waals surface area contributed by atoms with Gasteiger partial charge in [0.15, 0.2) is 6.10 Å². The van der Waals surface area contributed by atoms with Crippen molar-refractivity contribution < 1.29 is 23.4 Å². The van der Waals surface area contributed by atoms with Crippen molar-refractivity contribution in [2.24, 2.45) is 5.73 Å². The highest BCUT2D eigenvalue weighted by atomic mass is 79.9. The molecule has 90 valence electrons. The van der Waals surface area contributed by atoms with Gasteiger partial charge >= 0.3 is 6.18 Å². The highest BCUT2D eigenvalue weighted by Crippen LogP contribution is 2.33. The number of aromatic hydroxyl groups is 1. The van der Waals surface area contributed by atoms with Gasteiger partial charge in [-0.3, -0.25) is 0 Å². The van der Waals surface area contributed by atoms with Gasteiger partial charge in [0.1, 0.15) is 5.75 Å². The molecule has 2 atom stereocenters. The van der Waals surface area contributed by atoms with Crippen LogP contribution in [0.15, 0.2) is 22.7 Å². The third kappa shape index (κ3) is 2.87. The zero-order chi connectivity index (χ0) is 12.5. The summed E-state index contributed by atoms with van der Waals surface area (Å²) in [6, 6.07) is 2.14. The van der Waals surface area contributed by atoms with Crippen LogP contribution in [-0.2, 0) is 0 Å². The summed E-state index contributed by atoms with van der Waals surface area (Å²) in [4.78, 5) is 0. The maximum atomic E-state index is 12.2. The highest BCUT2D eigenvalue weighted by Gasteiger charge is 2.43. The van der Waals surface area contributed by atoms with Gasteiger partial charge in [0, 0.05) is 10.0 Å². The second kappa shape index (κ2) is 4.60. The van der Waals surface area contributed by atoms with Gasteiger partial charge in [-0.2, -0.15) is 13.2 Å². The molecule has 1 rings (SSSR count). The molecule has 0 aromatic heterocycles.